The van der Waals surface area contributed by atoms with Gasteiger partial charge in [-0.3, -0.25) is 14.5 Å². The summed E-state index contributed by atoms with van der Waals surface area (Å²) in [5.74, 6) is 0.122. The number of nitrogens with zero attached hydrogens (tertiary/aromatic N) is 2. The number of likely N-dealkylation sites (N-methyl/N-ethyl adjacent to an activating group) is 1. The van der Waals surface area contributed by atoms with Crippen LogP contribution in [0.15, 0.2) is 24.3 Å². The van der Waals surface area contributed by atoms with E-state index in [0.717, 1.165) is 40.2 Å². The Hall–Kier alpha value is -2.57. The standard InChI is InChI=1S/C21H21N3O3.ClH/c1-23(2)7-8-24-20(26)15-10-13(11-3-4-11)19-17(18(15)21(24)27)14-9-12(25)5-6-16(14)22-19;/h5-6,9-11,22,25H,3-4,7-8H2,1-2H3;1H. The minimum Gasteiger partial charge on any atom is -0.508 e. The van der Waals surface area contributed by atoms with E-state index in [9.17, 15) is 14.7 Å². The van der Waals surface area contributed by atoms with Crippen molar-refractivity contribution < 1.29 is 14.7 Å². The Morgan fingerprint density at radius 2 is 1.93 bits per heavy atom. The van der Waals surface area contributed by atoms with Crippen molar-refractivity contribution in [3.8, 4) is 5.75 Å². The molecule has 1 aliphatic heterocycles. The highest BCUT2D eigenvalue weighted by molar-refractivity contribution is 6.30. The van der Waals surface area contributed by atoms with E-state index in [1.807, 2.05) is 31.1 Å². The van der Waals surface area contributed by atoms with Gasteiger partial charge in [0.2, 0.25) is 0 Å². The van der Waals surface area contributed by atoms with Crippen molar-refractivity contribution in [3.05, 3.63) is 41.0 Å². The molecule has 0 unspecified atom stereocenters. The predicted molar refractivity (Wildman–Crippen MR) is 111 cm³/mol. The summed E-state index contributed by atoms with van der Waals surface area (Å²) in [4.78, 5) is 32.9. The van der Waals surface area contributed by atoms with Gasteiger partial charge < -0.3 is 15.0 Å². The third-order valence-electron chi connectivity index (χ3n) is 5.61. The molecule has 146 valence electrons. The lowest BCUT2D eigenvalue weighted by Gasteiger charge is -2.16. The second-order valence-corrected chi connectivity index (χ2v) is 7.83. The van der Waals surface area contributed by atoms with Gasteiger partial charge >= 0.3 is 0 Å². The highest BCUT2D eigenvalue weighted by Crippen LogP contribution is 2.47. The molecule has 2 N–H and O–H groups in total. The number of phenols is 1. The fraction of sp³-hybridized carbons (Fsp3) is 0.333. The molecule has 0 saturated heterocycles. The van der Waals surface area contributed by atoms with Crippen LogP contribution < -0.4 is 0 Å². The summed E-state index contributed by atoms with van der Waals surface area (Å²) in [6.45, 7) is 0.992. The zero-order valence-electron chi connectivity index (χ0n) is 15.8. The molecule has 0 spiro atoms. The quantitative estimate of drug-likeness (QED) is 0.658. The number of carbonyl (C=O) groups is 2. The minimum absolute atomic E-state index is 0. The molecule has 0 bridgehead atoms. The number of hydrogen-bond acceptors (Lipinski definition) is 4. The van der Waals surface area contributed by atoms with Crippen LogP contribution in [0.2, 0.25) is 0 Å². The molecule has 1 aliphatic carbocycles. The molecule has 1 saturated carbocycles. The predicted octanol–water partition coefficient (Wildman–Crippen LogP) is 3.48. The minimum atomic E-state index is -0.242. The molecule has 28 heavy (non-hydrogen) atoms. The second-order valence-electron chi connectivity index (χ2n) is 7.83. The molecule has 2 heterocycles. The second kappa shape index (κ2) is 6.50. The van der Waals surface area contributed by atoms with Crippen LogP contribution >= 0.6 is 12.4 Å². The summed E-state index contributed by atoms with van der Waals surface area (Å²) < 4.78 is 0. The number of benzene rings is 2. The third-order valence-corrected chi connectivity index (χ3v) is 5.61. The zero-order chi connectivity index (χ0) is 18.9. The van der Waals surface area contributed by atoms with Gasteiger partial charge in [0, 0.05) is 29.4 Å². The van der Waals surface area contributed by atoms with Crippen molar-refractivity contribution in [1.82, 2.24) is 14.8 Å². The van der Waals surface area contributed by atoms with Gasteiger partial charge in [-0.1, -0.05) is 0 Å². The Bertz CT molecular complexity index is 1130. The third kappa shape index (κ3) is 2.67. The van der Waals surface area contributed by atoms with Crippen molar-refractivity contribution >= 4 is 46.0 Å². The van der Waals surface area contributed by atoms with Crippen molar-refractivity contribution in [3.63, 3.8) is 0 Å². The maximum Gasteiger partial charge on any atom is 0.262 e. The van der Waals surface area contributed by atoms with Crippen molar-refractivity contribution in [2.45, 2.75) is 18.8 Å². The van der Waals surface area contributed by atoms with Crippen LogP contribution in [0.1, 0.15) is 45.0 Å². The Morgan fingerprint density at radius 1 is 1.18 bits per heavy atom. The fourth-order valence-electron chi connectivity index (χ4n) is 4.07. The normalized spacial score (nSPS) is 16.3. The van der Waals surface area contributed by atoms with Crippen LogP contribution in [0.3, 0.4) is 0 Å². The molecular formula is C21H22ClN3O3. The smallest absolute Gasteiger partial charge is 0.262 e. The Kier molecular flexibility index (Phi) is 4.36. The average Bonchev–Trinajstić information content (AvgIpc) is 3.36. The molecular weight excluding hydrogens is 378 g/mol. The molecule has 5 rings (SSSR count). The lowest BCUT2D eigenvalue weighted by molar-refractivity contribution is 0.0645. The number of aromatic nitrogens is 1. The lowest BCUT2D eigenvalue weighted by Crippen LogP contribution is -2.35. The number of H-pyrrole nitrogens is 1. The number of phenolic OH excluding ortho intramolecular Hbond substituents is 1. The van der Waals surface area contributed by atoms with Crippen molar-refractivity contribution in [1.29, 1.82) is 0 Å². The number of aromatic amines is 1. The fourth-order valence-corrected chi connectivity index (χ4v) is 4.07. The summed E-state index contributed by atoms with van der Waals surface area (Å²) in [5, 5.41) is 11.5. The van der Waals surface area contributed by atoms with E-state index >= 15 is 0 Å². The SMILES string of the molecule is CN(C)CCN1C(=O)c2cc(C3CC3)c3[nH]c4ccc(O)cc4c3c2C1=O.Cl. The monoisotopic (exact) mass is 399 g/mol. The molecule has 7 heteroatoms. The van der Waals surface area contributed by atoms with Crippen LogP contribution in [-0.2, 0) is 0 Å². The van der Waals surface area contributed by atoms with E-state index in [0.29, 0.717) is 30.1 Å². The first-order valence-corrected chi connectivity index (χ1v) is 9.28. The summed E-state index contributed by atoms with van der Waals surface area (Å²) in [7, 11) is 3.84. The molecule has 2 amide bonds. The van der Waals surface area contributed by atoms with Gasteiger partial charge in [0.25, 0.3) is 11.8 Å². The van der Waals surface area contributed by atoms with Crippen LogP contribution in [0.4, 0.5) is 0 Å². The van der Waals surface area contributed by atoms with Crippen molar-refractivity contribution in [2.24, 2.45) is 0 Å². The number of imide groups is 1. The van der Waals surface area contributed by atoms with Gasteiger partial charge in [0.15, 0.2) is 0 Å². The van der Waals surface area contributed by atoms with Crippen LogP contribution in [0, 0.1) is 0 Å². The van der Waals surface area contributed by atoms with E-state index in [4.69, 9.17) is 0 Å². The molecule has 0 radical (unpaired) electrons. The number of hydrogen-bond donors (Lipinski definition) is 2. The Balaban J connectivity index is 0.00000192. The van der Waals surface area contributed by atoms with Gasteiger partial charge in [-0.25, -0.2) is 0 Å². The molecule has 0 atom stereocenters. The van der Waals surface area contributed by atoms with E-state index in [1.54, 1.807) is 12.1 Å². The summed E-state index contributed by atoms with van der Waals surface area (Å²) in [5.41, 5.74) is 3.86. The van der Waals surface area contributed by atoms with Gasteiger partial charge in [0.05, 0.1) is 16.6 Å². The molecule has 3 aromatic rings. The Labute approximate surface area is 168 Å². The van der Waals surface area contributed by atoms with Crippen LogP contribution in [0.5, 0.6) is 5.75 Å². The van der Waals surface area contributed by atoms with E-state index < -0.39 is 0 Å². The summed E-state index contributed by atoms with van der Waals surface area (Å²) >= 11 is 0. The number of amides is 2. The topological polar surface area (TPSA) is 76.6 Å². The highest BCUT2D eigenvalue weighted by Gasteiger charge is 2.40. The number of nitrogens with one attached hydrogen (secondary N) is 1. The summed E-state index contributed by atoms with van der Waals surface area (Å²) in [6, 6.07) is 7.04. The zero-order valence-corrected chi connectivity index (χ0v) is 16.6. The molecule has 1 fully saturated rings. The molecule has 1 aromatic heterocycles. The number of aromatic hydroxyl groups is 1. The first-order chi connectivity index (χ1) is 13.0. The first kappa shape index (κ1) is 18.8. The van der Waals surface area contributed by atoms with Gasteiger partial charge in [-0.05, 0) is 62.7 Å². The number of carbonyl (C=O) groups excluding carboxylic acids is 2. The van der Waals surface area contributed by atoms with Gasteiger partial charge in [0.1, 0.15) is 5.75 Å². The molecule has 6 nitrogen and oxygen atoms in total. The number of rotatable bonds is 4. The van der Waals surface area contributed by atoms with Crippen LogP contribution in [0.25, 0.3) is 21.8 Å². The Morgan fingerprint density at radius 3 is 2.61 bits per heavy atom. The maximum atomic E-state index is 13.2. The van der Waals surface area contributed by atoms with E-state index in [1.165, 1.54) is 4.90 Å². The van der Waals surface area contributed by atoms with Crippen LogP contribution in [-0.4, -0.2) is 58.9 Å². The number of halogens is 1. The maximum absolute atomic E-state index is 13.2. The lowest BCUT2D eigenvalue weighted by atomic mass is 9.96. The molecule has 2 aromatic carbocycles. The van der Waals surface area contributed by atoms with Gasteiger partial charge in [-0.2, -0.15) is 0 Å². The van der Waals surface area contributed by atoms with Crippen molar-refractivity contribution in [2.75, 3.05) is 27.2 Å². The average molecular weight is 400 g/mol. The van der Waals surface area contributed by atoms with E-state index in [-0.39, 0.29) is 30.0 Å². The largest absolute Gasteiger partial charge is 0.508 e. The molecule has 2 aliphatic rings. The van der Waals surface area contributed by atoms with Gasteiger partial charge in [-0.15, -0.1) is 12.4 Å². The highest BCUT2D eigenvalue weighted by atomic mass is 35.5. The van der Waals surface area contributed by atoms with E-state index in [2.05, 4.69) is 4.98 Å². The first-order valence-electron chi connectivity index (χ1n) is 9.28. The summed E-state index contributed by atoms with van der Waals surface area (Å²) in [6.07, 6.45) is 2.20. The number of fused-ring (bicyclic) bond motifs is 5.